The van der Waals surface area contributed by atoms with E-state index in [0.717, 1.165) is 16.8 Å². The van der Waals surface area contributed by atoms with E-state index in [1.165, 1.54) is 7.11 Å². The van der Waals surface area contributed by atoms with Crippen molar-refractivity contribution in [3.63, 3.8) is 0 Å². The molecule has 1 saturated heterocycles. The first-order valence-corrected chi connectivity index (χ1v) is 7.12. The molecule has 0 bridgehead atoms. The van der Waals surface area contributed by atoms with E-state index in [-0.39, 0.29) is 18.4 Å². The number of benzene rings is 1. The fourth-order valence-corrected chi connectivity index (χ4v) is 2.78. The number of methoxy groups -OCH3 is 1. The summed E-state index contributed by atoms with van der Waals surface area (Å²) in [5.41, 5.74) is 3.16. The van der Waals surface area contributed by atoms with Gasteiger partial charge in [0.2, 0.25) is 11.8 Å². The summed E-state index contributed by atoms with van der Waals surface area (Å²) in [5.74, 6) is -0.186. The van der Waals surface area contributed by atoms with E-state index >= 15 is 0 Å². The van der Waals surface area contributed by atoms with Crippen LogP contribution in [0, 0.1) is 13.8 Å². The molecule has 1 aromatic rings. The molecule has 2 rings (SSSR count). The largest absolute Gasteiger partial charge is 0.375 e. The van der Waals surface area contributed by atoms with Crippen LogP contribution in [0.15, 0.2) is 18.2 Å². The highest BCUT2D eigenvalue weighted by molar-refractivity contribution is 6.00. The lowest BCUT2D eigenvalue weighted by molar-refractivity contribution is -0.143. The third-order valence-electron chi connectivity index (χ3n) is 3.76. The van der Waals surface area contributed by atoms with Gasteiger partial charge < -0.3 is 14.5 Å². The van der Waals surface area contributed by atoms with Crippen LogP contribution in [0.4, 0.5) is 5.69 Å². The van der Waals surface area contributed by atoms with Gasteiger partial charge in [-0.05, 0) is 44.0 Å². The molecular weight excluding hydrogens is 268 g/mol. The van der Waals surface area contributed by atoms with Crippen LogP contribution in [0.2, 0.25) is 0 Å². The molecule has 1 aliphatic rings. The van der Waals surface area contributed by atoms with Crippen LogP contribution >= 0.6 is 0 Å². The summed E-state index contributed by atoms with van der Waals surface area (Å²) in [6.07, 6.45) is 0. The lowest BCUT2D eigenvalue weighted by atomic mass is 10.1. The molecule has 21 heavy (non-hydrogen) atoms. The van der Waals surface area contributed by atoms with E-state index < -0.39 is 6.04 Å². The molecule has 0 aliphatic carbocycles. The Morgan fingerprint density at radius 2 is 1.86 bits per heavy atom. The molecule has 0 aromatic heterocycles. The Bertz CT molecular complexity index is 536. The van der Waals surface area contributed by atoms with Gasteiger partial charge in [0, 0.05) is 25.9 Å². The van der Waals surface area contributed by atoms with Gasteiger partial charge in [0.1, 0.15) is 12.6 Å². The lowest BCUT2D eigenvalue weighted by Gasteiger charge is -2.39. The first-order chi connectivity index (χ1) is 9.93. The minimum absolute atomic E-state index is 0.0151. The van der Waals surface area contributed by atoms with Gasteiger partial charge in [-0.2, -0.15) is 0 Å². The van der Waals surface area contributed by atoms with Gasteiger partial charge in [-0.25, -0.2) is 0 Å². The number of piperazine rings is 1. The number of carbonyl (C=O) groups excluding carboxylic acids is 2. The summed E-state index contributed by atoms with van der Waals surface area (Å²) < 4.78 is 4.87. The summed E-state index contributed by atoms with van der Waals surface area (Å²) in [6, 6.07) is 5.63. The zero-order chi connectivity index (χ0) is 15.6. The maximum atomic E-state index is 12.6. The van der Waals surface area contributed by atoms with Crippen molar-refractivity contribution < 1.29 is 14.3 Å². The van der Waals surface area contributed by atoms with Crippen LogP contribution in [0.25, 0.3) is 0 Å². The van der Waals surface area contributed by atoms with Gasteiger partial charge in [-0.3, -0.25) is 9.59 Å². The Morgan fingerprint density at radius 3 is 2.43 bits per heavy atom. The van der Waals surface area contributed by atoms with Gasteiger partial charge in [0.05, 0.1) is 0 Å². The summed E-state index contributed by atoms with van der Waals surface area (Å²) >= 11 is 0. The van der Waals surface area contributed by atoms with Crippen LogP contribution in [-0.2, 0) is 14.3 Å². The number of nitrogens with zero attached hydrogens (tertiary/aromatic N) is 2. The standard InChI is InChI=1S/C16H22N2O3/c1-11-7-12(2)9-14(8-11)18-6-5-17(13(3)16(18)20)15(19)10-21-4/h7-9,13H,5-6,10H2,1-4H3/t13-/m1/s1. The van der Waals surface area contributed by atoms with Crippen molar-refractivity contribution in [3.8, 4) is 0 Å². The minimum Gasteiger partial charge on any atom is -0.375 e. The zero-order valence-corrected chi connectivity index (χ0v) is 13.0. The lowest BCUT2D eigenvalue weighted by Crippen LogP contribution is -2.58. The highest BCUT2D eigenvalue weighted by Crippen LogP contribution is 2.23. The molecule has 0 saturated carbocycles. The van der Waals surface area contributed by atoms with Gasteiger partial charge in [-0.1, -0.05) is 6.07 Å². The molecule has 0 N–H and O–H groups in total. The normalized spacial score (nSPS) is 19.0. The second-order valence-corrected chi connectivity index (χ2v) is 5.53. The first kappa shape index (κ1) is 15.5. The van der Waals surface area contributed by atoms with E-state index in [0.29, 0.717) is 13.1 Å². The van der Waals surface area contributed by atoms with Crippen molar-refractivity contribution in [1.82, 2.24) is 4.90 Å². The van der Waals surface area contributed by atoms with Gasteiger partial charge >= 0.3 is 0 Å². The summed E-state index contributed by atoms with van der Waals surface area (Å²) in [4.78, 5) is 27.8. The Kier molecular flexibility index (Phi) is 4.63. The van der Waals surface area contributed by atoms with E-state index in [1.807, 2.05) is 26.0 Å². The molecule has 2 amide bonds. The summed E-state index contributed by atoms with van der Waals surface area (Å²) in [6.45, 7) is 6.86. The molecule has 1 heterocycles. The van der Waals surface area contributed by atoms with E-state index in [9.17, 15) is 9.59 Å². The number of aryl methyl sites for hydroxylation is 2. The van der Waals surface area contributed by atoms with Crippen molar-refractivity contribution in [2.24, 2.45) is 0 Å². The number of rotatable bonds is 3. The summed E-state index contributed by atoms with van der Waals surface area (Å²) in [7, 11) is 1.48. The number of hydrogen-bond donors (Lipinski definition) is 0. The van der Waals surface area contributed by atoms with Crippen molar-refractivity contribution >= 4 is 17.5 Å². The van der Waals surface area contributed by atoms with Crippen molar-refractivity contribution in [3.05, 3.63) is 29.3 Å². The van der Waals surface area contributed by atoms with Crippen molar-refractivity contribution in [1.29, 1.82) is 0 Å². The molecule has 1 atom stereocenters. The Labute approximate surface area is 125 Å². The van der Waals surface area contributed by atoms with Crippen molar-refractivity contribution in [2.75, 3.05) is 31.7 Å². The monoisotopic (exact) mass is 290 g/mol. The quantitative estimate of drug-likeness (QED) is 0.848. The van der Waals surface area contributed by atoms with Crippen LogP contribution in [0.5, 0.6) is 0 Å². The number of ether oxygens (including phenoxy) is 1. The molecule has 0 spiro atoms. The SMILES string of the molecule is COCC(=O)N1CCN(c2cc(C)cc(C)c2)C(=O)[C@H]1C. The number of amides is 2. The predicted octanol–water partition coefficient (Wildman–Crippen LogP) is 1.51. The van der Waals surface area contributed by atoms with E-state index in [4.69, 9.17) is 4.74 Å². The van der Waals surface area contributed by atoms with E-state index in [1.54, 1.807) is 16.7 Å². The van der Waals surface area contributed by atoms with Gasteiger partial charge in [-0.15, -0.1) is 0 Å². The molecule has 5 heteroatoms. The maximum absolute atomic E-state index is 12.6. The Balaban J connectivity index is 2.19. The maximum Gasteiger partial charge on any atom is 0.249 e. The van der Waals surface area contributed by atoms with Gasteiger partial charge in [0.15, 0.2) is 0 Å². The highest BCUT2D eigenvalue weighted by atomic mass is 16.5. The Hall–Kier alpha value is -1.88. The minimum atomic E-state index is -0.456. The third kappa shape index (κ3) is 3.24. The highest BCUT2D eigenvalue weighted by Gasteiger charge is 2.34. The fraction of sp³-hybridized carbons (Fsp3) is 0.500. The van der Waals surface area contributed by atoms with Crippen LogP contribution in [0.3, 0.4) is 0 Å². The molecule has 1 aromatic carbocycles. The third-order valence-corrected chi connectivity index (χ3v) is 3.76. The second-order valence-electron chi connectivity index (χ2n) is 5.53. The van der Waals surface area contributed by atoms with E-state index in [2.05, 4.69) is 6.07 Å². The smallest absolute Gasteiger partial charge is 0.249 e. The molecule has 1 fully saturated rings. The predicted molar refractivity (Wildman–Crippen MR) is 81.3 cm³/mol. The average molecular weight is 290 g/mol. The molecule has 0 radical (unpaired) electrons. The van der Waals surface area contributed by atoms with Gasteiger partial charge in [0.25, 0.3) is 0 Å². The first-order valence-electron chi connectivity index (χ1n) is 7.12. The average Bonchev–Trinajstić information content (AvgIpc) is 2.40. The Morgan fingerprint density at radius 1 is 1.24 bits per heavy atom. The van der Waals surface area contributed by atoms with Crippen molar-refractivity contribution in [2.45, 2.75) is 26.8 Å². The fourth-order valence-electron chi connectivity index (χ4n) is 2.78. The molecular formula is C16H22N2O3. The van der Waals surface area contributed by atoms with Crippen LogP contribution < -0.4 is 4.90 Å². The molecule has 0 unspecified atom stereocenters. The zero-order valence-electron chi connectivity index (χ0n) is 13.0. The topological polar surface area (TPSA) is 49.9 Å². The summed E-state index contributed by atoms with van der Waals surface area (Å²) in [5, 5.41) is 0. The molecule has 5 nitrogen and oxygen atoms in total. The molecule has 114 valence electrons. The molecule has 1 aliphatic heterocycles. The van der Waals surface area contributed by atoms with Crippen LogP contribution in [-0.4, -0.2) is 49.6 Å². The second kappa shape index (κ2) is 6.26. The number of hydrogen-bond acceptors (Lipinski definition) is 3. The number of carbonyl (C=O) groups is 2. The van der Waals surface area contributed by atoms with Crippen LogP contribution in [0.1, 0.15) is 18.1 Å². The number of anilines is 1.